The first kappa shape index (κ1) is 19.8. The van der Waals surface area contributed by atoms with Gasteiger partial charge in [0.05, 0.1) is 5.54 Å². The molecule has 1 heterocycles. The third kappa shape index (κ3) is 4.86. The number of nitrogens with zero attached hydrogens (tertiary/aromatic N) is 2. The van der Waals surface area contributed by atoms with E-state index in [9.17, 15) is 4.79 Å². The Morgan fingerprint density at radius 3 is 2.63 bits per heavy atom. The summed E-state index contributed by atoms with van der Waals surface area (Å²) in [7, 11) is 0. The quantitative estimate of drug-likeness (QED) is 0.800. The van der Waals surface area contributed by atoms with E-state index in [0.717, 1.165) is 62.4 Å². The van der Waals surface area contributed by atoms with Crippen LogP contribution >= 0.6 is 0 Å². The Hall–Kier alpha value is -1.95. The highest BCUT2D eigenvalue weighted by Gasteiger charge is 2.54. The predicted molar refractivity (Wildman–Crippen MR) is 107 cm³/mol. The lowest BCUT2D eigenvalue weighted by molar-refractivity contribution is -0.00826. The number of carbonyl (C=O) groups is 1. The summed E-state index contributed by atoms with van der Waals surface area (Å²) in [5.74, 6) is 0.917. The van der Waals surface area contributed by atoms with Crippen LogP contribution in [0.5, 0.6) is 5.75 Å². The van der Waals surface area contributed by atoms with Gasteiger partial charge in [0.25, 0.3) is 0 Å². The number of carbonyl (C=O) groups excluding carboxylic acids is 1. The monoisotopic (exact) mass is 375 g/mol. The third-order valence-electron chi connectivity index (χ3n) is 5.30. The van der Waals surface area contributed by atoms with Crippen molar-refractivity contribution in [2.24, 2.45) is 0 Å². The molecule has 0 aromatic heterocycles. The maximum absolute atomic E-state index is 12.5. The summed E-state index contributed by atoms with van der Waals surface area (Å²) in [5.41, 5.74) is 7.29. The summed E-state index contributed by atoms with van der Waals surface area (Å²) in [6, 6.07) is 5.82. The van der Waals surface area contributed by atoms with E-state index in [1.807, 2.05) is 43.9 Å². The van der Waals surface area contributed by atoms with E-state index < -0.39 is 5.60 Å². The fourth-order valence-corrected chi connectivity index (χ4v) is 3.73. The summed E-state index contributed by atoms with van der Waals surface area (Å²) < 4.78 is 11.6. The van der Waals surface area contributed by atoms with Crippen LogP contribution in [0.2, 0.25) is 0 Å². The zero-order valence-electron chi connectivity index (χ0n) is 17.1. The van der Waals surface area contributed by atoms with Gasteiger partial charge in [0.2, 0.25) is 0 Å². The van der Waals surface area contributed by atoms with Crippen LogP contribution in [0, 0.1) is 0 Å². The molecule has 0 unspecified atom stereocenters. The second kappa shape index (κ2) is 7.58. The Bertz CT molecular complexity index is 680. The predicted octanol–water partition coefficient (Wildman–Crippen LogP) is 3.30. The molecule has 150 valence electrons. The number of nitrogen functional groups attached to an aromatic ring is 1. The minimum Gasteiger partial charge on any atom is -0.492 e. The Balaban J connectivity index is 1.51. The van der Waals surface area contributed by atoms with E-state index in [4.69, 9.17) is 15.2 Å². The Morgan fingerprint density at radius 1 is 1.26 bits per heavy atom. The van der Waals surface area contributed by atoms with Crippen LogP contribution in [-0.2, 0) is 11.2 Å². The standard InChI is InChI=1S/C21H33N3O3/c1-5-16-14-17(22)6-7-18(16)26-13-12-23-10-11-24(21(15-23)8-9-21)19(25)27-20(2,3)4/h6-7,14H,5,8-13,15,22H2,1-4H3. The van der Waals surface area contributed by atoms with Gasteiger partial charge >= 0.3 is 6.09 Å². The molecule has 0 radical (unpaired) electrons. The second-order valence-electron chi connectivity index (χ2n) is 8.70. The van der Waals surface area contributed by atoms with Crippen molar-refractivity contribution in [1.82, 2.24) is 9.80 Å². The Morgan fingerprint density at radius 2 is 2.00 bits per heavy atom. The van der Waals surface area contributed by atoms with Crippen molar-refractivity contribution >= 4 is 11.8 Å². The maximum atomic E-state index is 12.5. The van der Waals surface area contributed by atoms with Gasteiger partial charge in [-0.3, -0.25) is 9.80 Å². The first-order valence-electron chi connectivity index (χ1n) is 9.97. The zero-order valence-corrected chi connectivity index (χ0v) is 17.1. The molecule has 1 spiro atoms. The molecule has 2 N–H and O–H groups in total. The van der Waals surface area contributed by atoms with Crippen molar-refractivity contribution in [2.75, 3.05) is 38.5 Å². The van der Waals surface area contributed by atoms with Gasteiger partial charge in [-0.2, -0.15) is 0 Å². The molecular formula is C21H33N3O3. The van der Waals surface area contributed by atoms with Crippen LogP contribution in [0.1, 0.15) is 46.1 Å². The SMILES string of the molecule is CCc1cc(N)ccc1OCCN1CCN(C(=O)OC(C)(C)C)C2(CC2)C1. The van der Waals surface area contributed by atoms with Crippen LogP contribution in [0.25, 0.3) is 0 Å². The van der Waals surface area contributed by atoms with Gasteiger partial charge in [0, 0.05) is 31.9 Å². The number of rotatable bonds is 5. The van der Waals surface area contributed by atoms with Gasteiger partial charge < -0.3 is 15.2 Å². The number of piperazine rings is 1. The average Bonchev–Trinajstić information content (AvgIpc) is 3.33. The van der Waals surface area contributed by atoms with Gasteiger partial charge in [0.1, 0.15) is 18.0 Å². The largest absolute Gasteiger partial charge is 0.492 e. The molecule has 2 fully saturated rings. The van der Waals surface area contributed by atoms with Crippen LogP contribution in [0.4, 0.5) is 10.5 Å². The van der Waals surface area contributed by atoms with Gasteiger partial charge in [-0.25, -0.2) is 4.79 Å². The molecule has 6 nitrogen and oxygen atoms in total. The molecule has 1 aromatic rings. The number of ether oxygens (including phenoxy) is 2. The Kier molecular flexibility index (Phi) is 5.56. The van der Waals surface area contributed by atoms with E-state index in [1.54, 1.807) is 0 Å². The lowest BCUT2D eigenvalue weighted by atomic mass is 10.1. The molecule has 1 saturated heterocycles. The minimum absolute atomic E-state index is 0.0314. The Labute approximate surface area is 162 Å². The van der Waals surface area contributed by atoms with E-state index >= 15 is 0 Å². The lowest BCUT2D eigenvalue weighted by Gasteiger charge is -2.42. The average molecular weight is 376 g/mol. The molecular weight excluding hydrogens is 342 g/mol. The molecule has 0 atom stereocenters. The van der Waals surface area contributed by atoms with Crippen molar-refractivity contribution < 1.29 is 14.3 Å². The molecule has 1 amide bonds. The van der Waals surface area contributed by atoms with Gasteiger partial charge in [-0.05, 0) is 63.8 Å². The number of amides is 1. The highest BCUT2D eigenvalue weighted by Crippen LogP contribution is 2.44. The molecule has 0 bridgehead atoms. The number of hydrogen-bond acceptors (Lipinski definition) is 5. The maximum Gasteiger partial charge on any atom is 0.410 e. The van der Waals surface area contributed by atoms with Crippen molar-refractivity contribution in [3.8, 4) is 5.75 Å². The van der Waals surface area contributed by atoms with Crippen LogP contribution < -0.4 is 10.5 Å². The van der Waals surface area contributed by atoms with E-state index in [0.29, 0.717) is 6.61 Å². The van der Waals surface area contributed by atoms with E-state index in [2.05, 4.69) is 11.8 Å². The van der Waals surface area contributed by atoms with Crippen LogP contribution in [0.15, 0.2) is 18.2 Å². The van der Waals surface area contributed by atoms with E-state index in [-0.39, 0.29) is 11.6 Å². The van der Waals surface area contributed by atoms with Crippen LogP contribution in [0.3, 0.4) is 0 Å². The summed E-state index contributed by atoms with van der Waals surface area (Å²) in [6.45, 7) is 11.8. The van der Waals surface area contributed by atoms with Crippen molar-refractivity contribution in [1.29, 1.82) is 0 Å². The molecule has 27 heavy (non-hydrogen) atoms. The first-order chi connectivity index (χ1) is 12.7. The van der Waals surface area contributed by atoms with Gasteiger partial charge in [-0.1, -0.05) is 6.92 Å². The van der Waals surface area contributed by atoms with Gasteiger partial charge in [0.15, 0.2) is 0 Å². The smallest absolute Gasteiger partial charge is 0.410 e. The molecule has 3 rings (SSSR count). The van der Waals surface area contributed by atoms with Crippen molar-refractivity contribution in [3.63, 3.8) is 0 Å². The normalized spacial score (nSPS) is 19.2. The number of nitrogens with two attached hydrogens (primary N) is 1. The number of benzene rings is 1. The number of hydrogen-bond donors (Lipinski definition) is 1. The highest BCUT2D eigenvalue weighted by atomic mass is 16.6. The number of anilines is 1. The molecule has 1 aliphatic heterocycles. The van der Waals surface area contributed by atoms with Crippen molar-refractivity contribution in [3.05, 3.63) is 23.8 Å². The molecule has 6 heteroatoms. The summed E-state index contributed by atoms with van der Waals surface area (Å²) in [5, 5.41) is 0. The number of aryl methyl sites for hydroxylation is 1. The summed E-state index contributed by atoms with van der Waals surface area (Å²) in [4.78, 5) is 16.9. The summed E-state index contributed by atoms with van der Waals surface area (Å²) in [6.07, 6.45) is 2.84. The third-order valence-corrected chi connectivity index (χ3v) is 5.30. The fourth-order valence-electron chi connectivity index (χ4n) is 3.73. The van der Waals surface area contributed by atoms with Crippen LogP contribution in [-0.4, -0.2) is 59.8 Å². The topological polar surface area (TPSA) is 68.0 Å². The molecule has 1 aliphatic carbocycles. The molecule has 1 aromatic carbocycles. The molecule has 1 saturated carbocycles. The lowest BCUT2D eigenvalue weighted by Crippen LogP contribution is -2.58. The van der Waals surface area contributed by atoms with E-state index in [1.165, 1.54) is 0 Å². The zero-order chi connectivity index (χ0) is 19.7. The van der Waals surface area contributed by atoms with Gasteiger partial charge in [-0.15, -0.1) is 0 Å². The fraction of sp³-hybridized carbons (Fsp3) is 0.667. The van der Waals surface area contributed by atoms with Crippen molar-refractivity contribution in [2.45, 2.75) is 58.1 Å². The second-order valence-corrected chi connectivity index (χ2v) is 8.70. The molecule has 2 aliphatic rings. The minimum atomic E-state index is -0.450. The summed E-state index contributed by atoms with van der Waals surface area (Å²) >= 11 is 0. The highest BCUT2D eigenvalue weighted by molar-refractivity contribution is 5.70. The first-order valence-corrected chi connectivity index (χ1v) is 9.97.